The average Bonchev–Trinajstić information content (AvgIpc) is 3.22. The quantitative estimate of drug-likeness (QED) is 0.768. The number of piperidine rings is 1. The molecular formula is C16H20N6O. The lowest BCUT2D eigenvalue weighted by molar-refractivity contribution is 0.0824. The van der Waals surface area contributed by atoms with Crippen molar-refractivity contribution in [3.63, 3.8) is 0 Å². The van der Waals surface area contributed by atoms with Crippen molar-refractivity contribution in [2.24, 2.45) is 13.0 Å². The summed E-state index contributed by atoms with van der Waals surface area (Å²) in [4.78, 5) is 18.5. The van der Waals surface area contributed by atoms with Gasteiger partial charge in [0, 0.05) is 38.7 Å². The lowest BCUT2D eigenvalue weighted by atomic mass is 9.90. The number of aliphatic hydroxyl groups is 1. The van der Waals surface area contributed by atoms with Crippen LogP contribution in [-0.2, 0) is 7.05 Å². The summed E-state index contributed by atoms with van der Waals surface area (Å²) >= 11 is 0. The number of aromatic amines is 1. The van der Waals surface area contributed by atoms with Gasteiger partial charge in [-0.2, -0.15) is 0 Å². The van der Waals surface area contributed by atoms with Crippen LogP contribution in [-0.4, -0.2) is 42.7 Å². The van der Waals surface area contributed by atoms with Gasteiger partial charge in [-0.05, 0) is 24.8 Å². The Morgan fingerprint density at radius 2 is 2.09 bits per heavy atom. The van der Waals surface area contributed by atoms with Crippen molar-refractivity contribution in [2.75, 3.05) is 18.0 Å². The molecule has 2 N–H and O–H groups in total. The number of anilines is 1. The predicted octanol–water partition coefficient (Wildman–Crippen LogP) is 1.64. The SMILES string of the molecule is Cn1ccnc1C(O)C1CCN(c2ncnc3cc[nH]c23)CC1. The average molecular weight is 312 g/mol. The summed E-state index contributed by atoms with van der Waals surface area (Å²) in [5.74, 6) is 1.93. The number of hydrogen-bond donors (Lipinski definition) is 2. The van der Waals surface area contributed by atoms with Crippen LogP contribution in [0.15, 0.2) is 31.0 Å². The van der Waals surface area contributed by atoms with E-state index in [-0.39, 0.29) is 5.92 Å². The molecule has 0 aliphatic carbocycles. The number of imidazole rings is 1. The Labute approximate surface area is 134 Å². The summed E-state index contributed by atoms with van der Waals surface area (Å²) < 4.78 is 1.89. The second-order valence-electron chi connectivity index (χ2n) is 6.10. The van der Waals surface area contributed by atoms with Gasteiger partial charge in [0.25, 0.3) is 0 Å². The molecule has 4 rings (SSSR count). The Kier molecular flexibility index (Phi) is 3.49. The number of aliphatic hydroxyl groups excluding tert-OH is 1. The Bertz CT molecular complexity index is 802. The molecule has 3 aromatic rings. The van der Waals surface area contributed by atoms with Gasteiger partial charge in [-0.15, -0.1) is 0 Å². The van der Waals surface area contributed by atoms with E-state index in [9.17, 15) is 5.11 Å². The molecule has 0 bridgehead atoms. The molecule has 120 valence electrons. The Balaban J connectivity index is 1.49. The van der Waals surface area contributed by atoms with Gasteiger partial charge in [0.05, 0.1) is 5.52 Å². The zero-order chi connectivity index (χ0) is 15.8. The molecular weight excluding hydrogens is 292 g/mol. The van der Waals surface area contributed by atoms with E-state index in [1.165, 1.54) is 0 Å². The van der Waals surface area contributed by atoms with Crippen molar-refractivity contribution < 1.29 is 5.11 Å². The van der Waals surface area contributed by atoms with Gasteiger partial charge < -0.3 is 19.6 Å². The van der Waals surface area contributed by atoms with E-state index in [2.05, 4.69) is 24.8 Å². The summed E-state index contributed by atoms with van der Waals surface area (Å²) in [6, 6.07) is 1.96. The van der Waals surface area contributed by atoms with Crippen LogP contribution in [0.3, 0.4) is 0 Å². The van der Waals surface area contributed by atoms with Gasteiger partial charge in [-0.3, -0.25) is 0 Å². The van der Waals surface area contributed by atoms with Crippen molar-refractivity contribution >= 4 is 16.9 Å². The summed E-state index contributed by atoms with van der Waals surface area (Å²) in [6.45, 7) is 1.74. The summed E-state index contributed by atoms with van der Waals surface area (Å²) in [6.07, 6.45) is 8.43. The molecule has 0 saturated carbocycles. The van der Waals surface area contributed by atoms with Crippen LogP contribution in [0, 0.1) is 5.92 Å². The fraction of sp³-hybridized carbons (Fsp3) is 0.438. The number of fused-ring (bicyclic) bond motifs is 1. The first-order valence-electron chi connectivity index (χ1n) is 7.92. The largest absolute Gasteiger partial charge is 0.385 e. The number of H-pyrrole nitrogens is 1. The van der Waals surface area contributed by atoms with Crippen LogP contribution in [0.2, 0.25) is 0 Å². The van der Waals surface area contributed by atoms with Crippen LogP contribution in [0.5, 0.6) is 0 Å². The summed E-state index contributed by atoms with van der Waals surface area (Å²) in [5.41, 5.74) is 1.92. The van der Waals surface area contributed by atoms with E-state index < -0.39 is 6.10 Å². The van der Waals surface area contributed by atoms with E-state index >= 15 is 0 Å². The minimum absolute atomic E-state index is 0.230. The molecule has 1 fully saturated rings. The van der Waals surface area contributed by atoms with Crippen molar-refractivity contribution in [1.82, 2.24) is 24.5 Å². The standard InChI is InChI=1S/C16H20N6O/c1-21-9-6-18-16(21)14(23)11-3-7-22(8-4-11)15-13-12(2-5-17-13)19-10-20-15/h2,5-6,9-11,14,17,23H,3-4,7-8H2,1H3. The molecule has 7 nitrogen and oxygen atoms in total. The first kappa shape index (κ1) is 14.2. The lowest BCUT2D eigenvalue weighted by Gasteiger charge is -2.34. The first-order chi connectivity index (χ1) is 11.2. The highest BCUT2D eigenvalue weighted by atomic mass is 16.3. The van der Waals surface area contributed by atoms with E-state index in [0.29, 0.717) is 0 Å². The third-order valence-corrected chi connectivity index (χ3v) is 4.73. The monoisotopic (exact) mass is 312 g/mol. The zero-order valence-corrected chi connectivity index (χ0v) is 13.1. The maximum absolute atomic E-state index is 10.6. The van der Waals surface area contributed by atoms with Crippen LogP contribution >= 0.6 is 0 Å². The topological polar surface area (TPSA) is 82.9 Å². The lowest BCUT2D eigenvalue weighted by Crippen LogP contribution is -2.36. The fourth-order valence-electron chi connectivity index (χ4n) is 3.40. The van der Waals surface area contributed by atoms with Gasteiger partial charge >= 0.3 is 0 Å². The number of hydrogen-bond acceptors (Lipinski definition) is 5. The molecule has 23 heavy (non-hydrogen) atoms. The van der Waals surface area contributed by atoms with Gasteiger partial charge in [-0.25, -0.2) is 15.0 Å². The number of rotatable bonds is 3. The normalized spacial score (nSPS) is 17.7. The van der Waals surface area contributed by atoms with E-state index in [1.807, 2.05) is 30.1 Å². The maximum Gasteiger partial charge on any atom is 0.156 e. The van der Waals surface area contributed by atoms with Gasteiger partial charge in [0.15, 0.2) is 5.82 Å². The van der Waals surface area contributed by atoms with Crippen LogP contribution in [0.25, 0.3) is 11.0 Å². The number of aryl methyl sites for hydroxylation is 1. The second kappa shape index (κ2) is 5.66. The molecule has 3 aromatic heterocycles. The molecule has 0 radical (unpaired) electrons. The molecule has 1 atom stereocenters. The molecule has 4 heterocycles. The van der Waals surface area contributed by atoms with Gasteiger partial charge in [-0.1, -0.05) is 0 Å². The van der Waals surface area contributed by atoms with Crippen LogP contribution in [0.4, 0.5) is 5.82 Å². The van der Waals surface area contributed by atoms with Gasteiger partial charge in [0.2, 0.25) is 0 Å². The highest BCUT2D eigenvalue weighted by Gasteiger charge is 2.29. The van der Waals surface area contributed by atoms with Crippen LogP contribution in [0.1, 0.15) is 24.8 Å². The Morgan fingerprint density at radius 1 is 1.26 bits per heavy atom. The molecule has 1 aliphatic heterocycles. The summed E-state index contributed by atoms with van der Waals surface area (Å²) in [7, 11) is 1.92. The minimum atomic E-state index is -0.506. The van der Waals surface area contributed by atoms with Crippen molar-refractivity contribution in [3.8, 4) is 0 Å². The van der Waals surface area contributed by atoms with E-state index in [4.69, 9.17) is 0 Å². The third-order valence-electron chi connectivity index (χ3n) is 4.73. The van der Waals surface area contributed by atoms with Crippen molar-refractivity contribution in [2.45, 2.75) is 18.9 Å². The smallest absolute Gasteiger partial charge is 0.156 e. The molecule has 1 saturated heterocycles. The van der Waals surface area contributed by atoms with Crippen LogP contribution < -0.4 is 4.90 Å². The molecule has 1 unspecified atom stereocenters. The Hall–Kier alpha value is -2.41. The maximum atomic E-state index is 10.6. The molecule has 0 spiro atoms. The second-order valence-corrected chi connectivity index (χ2v) is 6.10. The molecule has 1 aliphatic rings. The predicted molar refractivity (Wildman–Crippen MR) is 87.0 cm³/mol. The fourth-order valence-corrected chi connectivity index (χ4v) is 3.40. The number of nitrogens with one attached hydrogen (secondary N) is 1. The number of aromatic nitrogens is 5. The first-order valence-corrected chi connectivity index (χ1v) is 7.92. The number of nitrogens with zero attached hydrogens (tertiary/aromatic N) is 5. The van der Waals surface area contributed by atoms with Crippen molar-refractivity contribution in [1.29, 1.82) is 0 Å². The molecule has 0 aromatic carbocycles. The highest BCUT2D eigenvalue weighted by Crippen LogP contribution is 2.32. The third kappa shape index (κ3) is 2.46. The van der Waals surface area contributed by atoms with E-state index in [1.54, 1.807) is 12.5 Å². The highest BCUT2D eigenvalue weighted by molar-refractivity contribution is 5.85. The summed E-state index contributed by atoms with van der Waals surface area (Å²) in [5, 5.41) is 10.6. The molecule has 7 heteroatoms. The molecule has 0 amide bonds. The zero-order valence-electron chi connectivity index (χ0n) is 13.1. The van der Waals surface area contributed by atoms with Crippen molar-refractivity contribution in [3.05, 3.63) is 36.8 Å². The minimum Gasteiger partial charge on any atom is -0.385 e. The van der Waals surface area contributed by atoms with Gasteiger partial charge in [0.1, 0.15) is 23.8 Å². The Morgan fingerprint density at radius 3 is 2.83 bits per heavy atom. The van der Waals surface area contributed by atoms with E-state index in [0.717, 1.165) is 48.6 Å².